The molecule has 0 atom stereocenters. The average Bonchev–Trinajstić information content (AvgIpc) is 2.88. The Labute approximate surface area is 209 Å². The lowest BCUT2D eigenvalue weighted by atomic mass is 9.99. The molecule has 4 aromatic rings. The molecule has 0 aliphatic heterocycles. The molecule has 4 aromatic carbocycles. The number of carboxylic acids is 2. The highest BCUT2D eigenvalue weighted by Gasteiger charge is 2.09. The van der Waals surface area contributed by atoms with Crippen molar-refractivity contribution in [1.82, 2.24) is 0 Å². The van der Waals surface area contributed by atoms with Gasteiger partial charge in [0.1, 0.15) is 24.7 Å². The predicted molar refractivity (Wildman–Crippen MR) is 131 cm³/mol. The Bertz CT molecular complexity index is 1230. The molecule has 182 valence electrons. The van der Waals surface area contributed by atoms with Crippen LogP contribution < -0.4 is 19.7 Å². The smallest absolute Gasteiger partial charge is 0.122 e. The number of hydrogen-bond donors (Lipinski definition) is 0. The number of benzene rings is 4. The molecule has 0 bridgehead atoms. The molecular weight excluding hydrogens is 456 g/mol. The maximum Gasteiger partial charge on any atom is 0.122 e. The van der Waals surface area contributed by atoms with E-state index in [0.29, 0.717) is 35.5 Å². The lowest BCUT2D eigenvalue weighted by Gasteiger charge is -2.15. The van der Waals surface area contributed by atoms with Gasteiger partial charge in [-0.3, -0.25) is 0 Å². The van der Waals surface area contributed by atoms with Crippen LogP contribution in [0.2, 0.25) is 0 Å². The molecule has 0 spiro atoms. The van der Waals surface area contributed by atoms with E-state index in [-0.39, 0.29) is 24.3 Å². The van der Waals surface area contributed by atoms with E-state index < -0.39 is 11.9 Å². The molecular formula is C30H24O6-2. The number of carbonyl (C=O) groups is 2. The molecule has 6 nitrogen and oxygen atoms in total. The van der Waals surface area contributed by atoms with E-state index in [0.717, 1.165) is 11.1 Å². The van der Waals surface area contributed by atoms with Crippen LogP contribution in [-0.4, -0.2) is 25.2 Å². The van der Waals surface area contributed by atoms with Gasteiger partial charge in [0.2, 0.25) is 0 Å². The summed E-state index contributed by atoms with van der Waals surface area (Å²) < 4.78 is 11.6. The Morgan fingerprint density at radius 3 is 1.31 bits per heavy atom. The third-order valence-electron chi connectivity index (χ3n) is 5.69. The van der Waals surface area contributed by atoms with Crippen molar-refractivity contribution in [3.05, 3.63) is 130 Å². The van der Waals surface area contributed by atoms with Gasteiger partial charge in [0.15, 0.2) is 0 Å². The first-order chi connectivity index (χ1) is 17.5. The van der Waals surface area contributed by atoms with Crippen molar-refractivity contribution in [3.8, 4) is 11.5 Å². The molecule has 4 rings (SSSR count). The van der Waals surface area contributed by atoms with Crippen molar-refractivity contribution in [2.45, 2.75) is 12.8 Å². The number of rotatable bonds is 11. The summed E-state index contributed by atoms with van der Waals surface area (Å²) in [6, 6.07) is 28.7. The Hall–Kier alpha value is -4.58. The highest BCUT2D eigenvalue weighted by molar-refractivity contribution is 5.88. The second-order valence-electron chi connectivity index (χ2n) is 8.23. The summed E-state index contributed by atoms with van der Waals surface area (Å²) in [5, 5.41) is 23.1. The van der Waals surface area contributed by atoms with Gasteiger partial charge in [0, 0.05) is 11.1 Å². The minimum Gasteiger partial charge on any atom is -0.545 e. The van der Waals surface area contributed by atoms with Crippen molar-refractivity contribution in [2.75, 3.05) is 13.2 Å². The zero-order chi connectivity index (χ0) is 25.3. The molecule has 0 aromatic heterocycles. The van der Waals surface area contributed by atoms with Gasteiger partial charge in [-0.05, 0) is 71.5 Å². The molecule has 36 heavy (non-hydrogen) atoms. The van der Waals surface area contributed by atoms with Crippen LogP contribution in [0, 0.1) is 0 Å². The molecule has 0 N–H and O–H groups in total. The van der Waals surface area contributed by atoms with Gasteiger partial charge in [0.25, 0.3) is 0 Å². The van der Waals surface area contributed by atoms with Gasteiger partial charge in [-0.15, -0.1) is 0 Å². The maximum atomic E-state index is 11.5. The van der Waals surface area contributed by atoms with Crippen LogP contribution >= 0.6 is 0 Å². The van der Waals surface area contributed by atoms with Crippen molar-refractivity contribution >= 4 is 11.9 Å². The van der Waals surface area contributed by atoms with Crippen LogP contribution in [0.4, 0.5) is 0 Å². The summed E-state index contributed by atoms with van der Waals surface area (Å²) in [6.07, 6.45) is 0.875. The zero-order valence-corrected chi connectivity index (χ0v) is 19.5. The summed E-state index contributed by atoms with van der Waals surface area (Å²) in [5.41, 5.74) is 3.41. The number of aromatic carboxylic acids is 2. The monoisotopic (exact) mass is 480 g/mol. The summed E-state index contributed by atoms with van der Waals surface area (Å²) >= 11 is 0. The quantitative estimate of drug-likeness (QED) is 0.306. The number of hydrogen-bond acceptors (Lipinski definition) is 6. The molecule has 0 radical (unpaired) electrons. The summed E-state index contributed by atoms with van der Waals surface area (Å²) in [7, 11) is 0. The fourth-order valence-electron chi connectivity index (χ4n) is 3.96. The van der Waals surface area contributed by atoms with Crippen LogP contribution in [0.25, 0.3) is 0 Å². The standard InChI is InChI=1S/C30H26O6/c31-29(32)27-13-11-25(19-23(27)17-21-7-3-1-4-8-21)35-15-16-36-26-12-14-28(30(33)34)24(20-26)18-22-9-5-2-6-10-22/h1-14,19-20H,15-18H2,(H,31,32)(H,33,34)/p-2. The SMILES string of the molecule is O=C([O-])c1ccc(OCCOc2ccc(C(=O)[O-])c(Cc3ccccc3)c2)cc1Cc1ccccc1. The van der Waals surface area contributed by atoms with Gasteiger partial charge in [-0.1, -0.05) is 60.7 Å². The van der Waals surface area contributed by atoms with Gasteiger partial charge in [-0.25, -0.2) is 0 Å². The zero-order valence-electron chi connectivity index (χ0n) is 19.5. The van der Waals surface area contributed by atoms with Crippen LogP contribution in [-0.2, 0) is 12.8 Å². The number of carboxylic acid groups (broad SMARTS) is 2. The molecule has 0 amide bonds. The fraction of sp³-hybridized carbons (Fsp3) is 0.133. The first-order valence-electron chi connectivity index (χ1n) is 11.5. The Morgan fingerprint density at radius 2 is 0.944 bits per heavy atom. The molecule has 0 aliphatic rings. The third kappa shape index (κ3) is 6.51. The highest BCUT2D eigenvalue weighted by Crippen LogP contribution is 2.23. The van der Waals surface area contributed by atoms with Crippen molar-refractivity contribution < 1.29 is 29.3 Å². The van der Waals surface area contributed by atoms with Crippen LogP contribution in [0.5, 0.6) is 11.5 Å². The number of carbonyl (C=O) groups excluding carboxylic acids is 2. The van der Waals surface area contributed by atoms with E-state index >= 15 is 0 Å². The van der Waals surface area contributed by atoms with E-state index in [1.807, 2.05) is 60.7 Å². The van der Waals surface area contributed by atoms with E-state index in [9.17, 15) is 19.8 Å². The molecule has 0 heterocycles. The lowest BCUT2D eigenvalue weighted by molar-refractivity contribution is -0.256. The van der Waals surface area contributed by atoms with Crippen LogP contribution in [0.1, 0.15) is 43.0 Å². The number of ether oxygens (including phenoxy) is 2. The van der Waals surface area contributed by atoms with Crippen LogP contribution in [0.3, 0.4) is 0 Å². The Balaban J connectivity index is 1.39. The molecule has 6 heteroatoms. The van der Waals surface area contributed by atoms with E-state index in [4.69, 9.17) is 9.47 Å². The normalized spacial score (nSPS) is 10.6. The molecule has 0 fully saturated rings. The van der Waals surface area contributed by atoms with Gasteiger partial charge in [-0.2, -0.15) is 0 Å². The topological polar surface area (TPSA) is 98.7 Å². The molecule has 0 unspecified atom stereocenters. The van der Waals surface area contributed by atoms with Crippen molar-refractivity contribution in [3.63, 3.8) is 0 Å². The third-order valence-corrected chi connectivity index (χ3v) is 5.69. The first-order valence-corrected chi connectivity index (χ1v) is 11.5. The Morgan fingerprint density at radius 1 is 0.556 bits per heavy atom. The second-order valence-corrected chi connectivity index (χ2v) is 8.23. The largest absolute Gasteiger partial charge is 0.545 e. The maximum absolute atomic E-state index is 11.5. The molecule has 0 saturated heterocycles. The van der Waals surface area contributed by atoms with Gasteiger partial charge in [0.05, 0.1) is 11.9 Å². The second kappa shape index (κ2) is 11.7. The minimum absolute atomic E-state index is 0.126. The van der Waals surface area contributed by atoms with Crippen molar-refractivity contribution in [2.24, 2.45) is 0 Å². The summed E-state index contributed by atoms with van der Waals surface area (Å²) in [4.78, 5) is 23.1. The molecule has 0 aliphatic carbocycles. The van der Waals surface area contributed by atoms with Gasteiger partial charge < -0.3 is 29.3 Å². The Kier molecular flexibility index (Phi) is 7.98. The van der Waals surface area contributed by atoms with Crippen molar-refractivity contribution in [1.29, 1.82) is 0 Å². The molecule has 0 saturated carbocycles. The minimum atomic E-state index is -1.23. The summed E-state index contributed by atoms with van der Waals surface area (Å²) in [5.74, 6) is -1.43. The van der Waals surface area contributed by atoms with E-state index in [1.165, 1.54) is 12.1 Å². The lowest BCUT2D eigenvalue weighted by Crippen LogP contribution is -2.24. The van der Waals surface area contributed by atoms with E-state index in [1.54, 1.807) is 24.3 Å². The predicted octanol–water partition coefficient (Wildman–Crippen LogP) is 3.05. The first kappa shape index (κ1) is 24.5. The van der Waals surface area contributed by atoms with Gasteiger partial charge >= 0.3 is 0 Å². The highest BCUT2D eigenvalue weighted by atomic mass is 16.5. The average molecular weight is 481 g/mol. The summed E-state index contributed by atoms with van der Waals surface area (Å²) in [6.45, 7) is 0.428. The fourth-order valence-corrected chi connectivity index (χ4v) is 3.96. The van der Waals surface area contributed by atoms with E-state index in [2.05, 4.69) is 0 Å². The van der Waals surface area contributed by atoms with Crippen LogP contribution in [0.15, 0.2) is 97.1 Å².